The Morgan fingerprint density at radius 1 is 1.08 bits per heavy atom. The Labute approximate surface area is 210 Å². The average Bonchev–Trinajstić information content (AvgIpc) is 2.82. The first kappa shape index (κ1) is 29.9. The number of halogens is 1. The maximum absolute atomic E-state index is 13.5. The van der Waals surface area contributed by atoms with Gasteiger partial charge in [-0.25, -0.2) is 4.39 Å². The lowest BCUT2D eigenvalue weighted by Gasteiger charge is -2.13. The third-order valence-corrected chi connectivity index (χ3v) is 4.78. The molecule has 0 fully saturated rings. The molecule has 1 atom stereocenters. The fourth-order valence-electron chi connectivity index (χ4n) is 2.92. The van der Waals surface area contributed by atoms with Gasteiger partial charge in [-0.15, -0.1) is 0 Å². The number of benzene rings is 2. The lowest BCUT2D eigenvalue weighted by molar-refractivity contribution is -0.906. The highest BCUT2D eigenvalue weighted by Gasteiger charge is 2.26. The minimum atomic E-state index is -0.945. The van der Waals surface area contributed by atoms with Gasteiger partial charge in [0.15, 0.2) is 5.75 Å². The molecule has 1 aromatic heterocycles. The van der Waals surface area contributed by atoms with Gasteiger partial charge in [0.05, 0.1) is 13.2 Å². The molecule has 4 N–H and O–H groups in total. The molecule has 0 aliphatic heterocycles. The van der Waals surface area contributed by atoms with Crippen LogP contribution in [0.1, 0.15) is 47.4 Å². The highest BCUT2D eigenvalue weighted by atomic mass is 19.1. The Kier molecular flexibility index (Phi) is 12.4. The lowest BCUT2D eigenvalue weighted by atomic mass is 10.1. The van der Waals surface area contributed by atoms with Crippen molar-refractivity contribution in [3.8, 4) is 11.5 Å². The van der Waals surface area contributed by atoms with Gasteiger partial charge in [-0.1, -0.05) is 55.0 Å². The molecule has 0 aliphatic rings. The van der Waals surface area contributed by atoms with Crippen LogP contribution in [-0.2, 0) is 16.0 Å². The van der Waals surface area contributed by atoms with Crippen LogP contribution in [0.3, 0.4) is 0 Å². The molecule has 0 radical (unpaired) electrons. The number of carbonyl (C=O) groups is 2. The van der Waals surface area contributed by atoms with Gasteiger partial charge in [0.2, 0.25) is 11.9 Å². The van der Waals surface area contributed by atoms with Crippen LogP contribution < -0.4 is 15.2 Å². The van der Waals surface area contributed by atoms with Crippen molar-refractivity contribution in [2.24, 2.45) is 5.73 Å². The Balaban J connectivity index is 0.000000289. The first-order valence-electron chi connectivity index (χ1n) is 11.3. The first-order chi connectivity index (χ1) is 17.0. The number of ether oxygens (including phenoxy) is 2. The summed E-state index contributed by atoms with van der Waals surface area (Å²) in [5.41, 5.74) is 7.28. The number of primary amides is 1. The Hall–Kier alpha value is -4.14. The van der Waals surface area contributed by atoms with E-state index in [-0.39, 0.29) is 23.6 Å². The predicted octanol–water partition coefficient (Wildman–Crippen LogP) is 4.04. The molecule has 194 valence electrons. The molecule has 0 aliphatic carbocycles. The number of hydrogen-bond donors (Lipinski definition) is 3. The Morgan fingerprint density at radius 3 is 2.19 bits per heavy atom. The van der Waals surface area contributed by atoms with Gasteiger partial charge in [0.25, 0.3) is 0 Å². The largest absolute Gasteiger partial charge is 0.499 e. The van der Waals surface area contributed by atoms with Crippen molar-refractivity contribution in [1.82, 2.24) is 0 Å². The summed E-state index contributed by atoms with van der Waals surface area (Å²) in [5.74, 6) is -1.85. The number of amides is 1. The van der Waals surface area contributed by atoms with Crippen LogP contribution in [-0.4, -0.2) is 35.4 Å². The van der Waals surface area contributed by atoms with Crippen molar-refractivity contribution in [3.05, 3.63) is 89.0 Å². The SMILES string of the molecule is CCC(=O)OC(C)Cc1ccc(C)cc1F.COc1cc[n+](O)c(C(N)=O)c1O.Cc1ccccc1. The summed E-state index contributed by atoms with van der Waals surface area (Å²) in [6.45, 7) is 7.43. The van der Waals surface area contributed by atoms with E-state index >= 15 is 0 Å². The average molecular weight is 502 g/mol. The molecule has 0 saturated heterocycles. The van der Waals surface area contributed by atoms with E-state index in [1.165, 1.54) is 24.8 Å². The number of hydrogen-bond acceptors (Lipinski definition) is 6. The molecule has 1 amide bonds. The van der Waals surface area contributed by atoms with E-state index in [1.807, 2.05) is 31.2 Å². The highest BCUT2D eigenvalue weighted by molar-refractivity contribution is 5.92. The Morgan fingerprint density at radius 2 is 1.72 bits per heavy atom. The summed E-state index contributed by atoms with van der Waals surface area (Å²) in [4.78, 5) is 21.8. The molecule has 2 aromatic carbocycles. The number of nitrogens with zero attached hydrogens (tertiary/aromatic N) is 1. The van der Waals surface area contributed by atoms with Crippen LogP contribution in [0.5, 0.6) is 11.5 Å². The van der Waals surface area contributed by atoms with E-state index in [9.17, 15) is 19.1 Å². The maximum atomic E-state index is 13.5. The van der Waals surface area contributed by atoms with Crippen molar-refractivity contribution < 1.29 is 38.5 Å². The summed E-state index contributed by atoms with van der Waals surface area (Å²) < 4.78 is 23.7. The summed E-state index contributed by atoms with van der Waals surface area (Å²) >= 11 is 0. The third-order valence-electron chi connectivity index (χ3n) is 4.78. The zero-order valence-corrected chi connectivity index (χ0v) is 21.2. The molecule has 1 heterocycles. The van der Waals surface area contributed by atoms with Crippen molar-refractivity contribution >= 4 is 11.9 Å². The number of rotatable bonds is 6. The molecule has 1 unspecified atom stereocenters. The molecule has 0 bridgehead atoms. The number of aromatic nitrogens is 1. The van der Waals surface area contributed by atoms with Gasteiger partial charge in [-0.05, 0) is 38.0 Å². The number of aromatic hydroxyl groups is 1. The summed E-state index contributed by atoms with van der Waals surface area (Å²) in [7, 11) is 1.32. The molecule has 9 heteroatoms. The van der Waals surface area contributed by atoms with Crippen molar-refractivity contribution in [1.29, 1.82) is 0 Å². The zero-order valence-electron chi connectivity index (χ0n) is 21.2. The molecular weight excluding hydrogens is 467 g/mol. The second kappa shape index (κ2) is 15.0. The third kappa shape index (κ3) is 10.0. The minimum Gasteiger partial charge on any atom is -0.499 e. The fraction of sp³-hybridized carbons (Fsp3) is 0.296. The first-order valence-corrected chi connectivity index (χ1v) is 11.3. The quantitative estimate of drug-likeness (QED) is 0.266. The smallest absolute Gasteiger partial charge is 0.366 e. The number of aryl methyl sites for hydroxylation is 2. The van der Waals surface area contributed by atoms with Crippen molar-refractivity contribution in [3.63, 3.8) is 0 Å². The lowest BCUT2D eigenvalue weighted by Crippen LogP contribution is -2.39. The summed E-state index contributed by atoms with van der Waals surface area (Å²) in [6.07, 6.45) is 1.61. The summed E-state index contributed by atoms with van der Waals surface area (Å²) in [5, 5.41) is 18.4. The van der Waals surface area contributed by atoms with E-state index in [0.29, 0.717) is 23.1 Å². The number of nitrogens with two attached hydrogens (primary N) is 1. The fourth-order valence-corrected chi connectivity index (χ4v) is 2.92. The van der Waals surface area contributed by atoms with Crippen LogP contribution >= 0.6 is 0 Å². The Bertz CT molecular complexity index is 1140. The van der Waals surface area contributed by atoms with Crippen LogP contribution in [0.4, 0.5) is 4.39 Å². The number of methoxy groups -OCH3 is 1. The van der Waals surface area contributed by atoms with Crippen LogP contribution in [0.25, 0.3) is 0 Å². The van der Waals surface area contributed by atoms with Gasteiger partial charge in [0.1, 0.15) is 11.9 Å². The van der Waals surface area contributed by atoms with Gasteiger partial charge >= 0.3 is 17.6 Å². The van der Waals surface area contributed by atoms with Crippen LogP contribution in [0.2, 0.25) is 0 Å². The van der Waals surface area contributed by atoms with Crippen molar-refractivity contribution in [2.45, 2.75) is 46.6 Å². The molecule has 3 aromatic rings. The normalized spacial score (nSPS) is 10.6. The molecule has 3 rings (SSSR count). The molecule has 0 spiro atoms. The standard InChI is InChI=1S/C13H17FO2.C7H8N2O4.C7H8/c1-4-13(15)16-10(3)8-11-6-5-9(2)7-12(11)14;1-13-4-2-3-9(12)5(6(4)10)7(8)11;1-7-5-3-2-4-6-7/h5-7,10H,4,8H2,1-3H3;2-3H,1H3,(H3-,8,10,11,12);2-6H,1H3/p+1. The molecule has 0 saturated carbocycles. The predicted molar refractivity (Wildman–Crippen MR) is 132 cm³/mol. The van der Waals surface area contributed by atoms with Gasteiger partial charge in [0, 0.05) is 17.6 Å². The van der Waals surface area contributed by atoms with Crippen LogP contribution in [0.15, 0.2) is 60.8 Å². The number of carbonyl (C=O) groups excluding carboxylic acids is 2. The van der Waals surface area contributed by atoms with E-state index in [0.717, 1.165) is 11.8 Å². The number of esters is 1. The van der Waals surface area contributed by atoms with E-state index in [2.05, 4.69) is 19.1 Å². The zero-order chi connectivity index (χ0) is 27.3. The van der Waals surface area contributed by atoms with Gasteiger partial charge in [-0.3, -0.25) is 14.8 Å². The van der Waals surface area contributed by atoms with Gasteiger partial charge < -0.3 is 20.3 Å². The monoisotopic (exact) mass is 501 g/mol. The van der Waals surface area contributed by atoms with E-state index in [4.69, 9.17) is 20.4 Å². The molecule has 8 nitrogen and oxygen atoms in total. The second-order valence-electron chi connectivity index (χ2n) is 7.90. The molecule has 36 heavy (non-hydrogen) atoms. The van der Waals surface area contributed by atoms with Gasteiger partial charge in [-0.2, -0.15) is 0 Å². The maximum Gasteiger partial charge on any atom is 0.366 e. The molecular formula is C27H34FN2O6+. The van der Waals surface area contributed by atoms with E-state index < -0.39 is 17.4 Å². The summed E-state index contributed by atoms with van der Waals surface area (Å²) in [6, 6.07) is 16.6. The van der Waals surface area contributed by atoms with Crippen molar-refractivity contribution in [2.75, 3.05) is 7.11 Å². The van der Waals surface area contributed by atoms with Crippen LogP contribution in [0, 0.1) is 19.7 Å². The van der Waals surface area contributed by atoms with E-state index in [1.54, 1.807) is 19.9 Å². The second-order valence-corrected chi connectivity index (χ2v) is 7.90. The highest BCUT2D eigenvalue weighted by Crippen LogP contribution is 2.25. The topological polar surface area (TPSA) is 123 Å². The number of pyridine rings is 1. The minimum absolute atomic E-state index is 0.0686.